The number of benzene rings is 1. The molecule has 0 saturated carbocycles. The zero-order chi connectivity index (χ0) is 18.1. The van der Waals surface area contributed by atoms with Gasteiger partial charge in [-0.2, -0.15) is 0 Å². The Balaban J connectivity index is 1.81. The summed E-state index contributed by atoms with van der Waals surface area (Å²) < 4.78 is 6.96. The van der Waals surface area contributed by atoms with Gasteiger partial charge in [-0.3, -0.25) is 4.79 Å². The Kier molecular flexibility index (Phi) is 4.22. The number of hydrogen-bond donors (Lipinski definition) is 1. The Bertz CT molecular complexity index is 1060. The van der Waals surface area contributed by atoms with Crippen LogP contribution in [0.2, 0.25) is 0 Å². The Morgan fingerprint density at radius 1 is 1.23 bits per heavy atom. The Morgan fingerprint density at radius 2 is 2.04 bits per heavy atom. The van der Waals surface area contributed by atoms with E-state index in [0.29, 0.717) is 18.1 Å². The van der Waals surface area contributed by atoms with Crippen molar-refractivity contribution in [3.8, 4) is 5.75 Å². The molecule has 0 fully saturated rings. The van der Waals surface area contributed by atoms with Gasteiger partial charge in [-0.25, -0.2) is 4.98 Å². The molecule has 0 bridgehead atoms. The SMILES string of the molecule is COc1ccc(C2=N[N+](c3nc(C)cc(=O)[nH]3)=C(c3cccs3)C2)cc1. The second-order valence-electron chi connectivity index (χ2n) is 5.90. The monoisotopic (exact) mass is 365 g/mol. The standard InChI is InChI=1S/C19H16N4O2S/c1-12-10-18(24)21-19(20-12)23-16(17-4-3-9-26-17)11-15(22-23)13-5-7-14(25-2)8-6-13/h3-10H,11H2,1-2H3/p+1. The molecule has 0 spiro atoms. The Labute approximate surface area is 154 Å². The van der Waals surface area contributed by atoms with E-state index in [4.69, 9.17) is 9.84 Å². The normalized spacial score (nSPS) is 13.8. The minimum Gasteiger partial charge on any atom is -0.497 e. The first-order valence-corrected chi connectivity index (χ1v) is 9.02. The van der Waals surface area contributed by atoms with Crippen LogP contribution >= 0.6 is 11.3 Å². The number of aromatic amines is 1. The minimum atomic E-state index is -0.189. The number of aryl methyl sites for hydroxylation is 1. The van der Waals surface area contributed by atoms with Crippen LogP contribution in [0.3, 0.4) is 0 Å². The molecule has 0 unspecified atom stereocenters. The average molecular weight is 365 g/mol. The summed E-state index contributed by atoms with van der Waals surface area (Å²) in [6.07, 6.45) is 0.657. The summed E-state index contributed by atoms with van der Waals surface area (Å²) in [4.78, 5) is 20.2. The van der Waals surface area contributed by atoms with Crippen LogP contribution in [0.15, 0.2) is 57.7 Å². The van der Waals surface area contributed by atoms with E-state index in [0.717, 1.165) is 27.6 Å². The number of ether oxygens (including phenoxy) is 1. The lowest BCUT2D eigenvalue weighted by atomic mass is 10.0. The van der Waals surface area contributed by atoms with Crippen LogP contribution in [0.1, 0.15) is 22.6 Å². The van der Waals surface area contributed by atoms with E-state index in [-0.39, 0.29) is 5.56 Å². The highest BCUT2D eigenvalue weighted by Gasteiger charge is 2.28. The lowest BCUT2D eigenvalue weighted by Gasteiger charge is -2.02. The van der Waals surface area contributed by atoms with Gasteiger partial charge in [-0.15, -0.1) is 21.1 Å². The fourth-order valence-corrected chi connectivity index (χ4v) is 3.62. The first-order valence-electron chi connectivity index (χ1n) is 8.14. The van der Waals surface area contributed by atoms with Gasteiger partial charge in [-0.05, 0) is 48.2 Å². The van der Waals surface area contributed by atoms with E-state index in [1.165, 1.54) is 6.07 Å². The van der Waals surface area contributed by atoms with Crippen LogP contribution in [0.5, 0.6) is 5.75 Å². The van der Waals surface area contributed by atoms with Crippen molar-refractivity contribution < 1.29 is 9.42 Å². The van der Waals surface area contributed by atoms with Gasteiger partial charge in [-0.1, -0.05) is 11.1 Å². The van der Waals surface area contributed by atoms with Gasteiger partial charge < -0.3 is 4.74 Å². The topological polar surface area (TPSA) is 70.3 Å². The number of H-pyrrole nitrogens is 1. The zero-order valence-corrected chi connectivity index (χ0v) is 15.2. The van der Waals surface area contributed by atoms with Crippen LogP contribution in [0.4, 0.5) is 5.95 Å². The molecular formula is C19H17N4O2S+. The molecule has 0 atom stereocenters. The fraction of sp³-hybridized carbons (Fsp3) is 0.158. The number of hydrogen-bond acceptors (Lipinski definition) is 5. The van der Waals surface area contributed by atoms with E-state index in [1.54, 1.807) is 30.1 Å². The van der Waals surface area contributed by atoms with Crippen molar-refractivity contribution in [1.82, 2.24) is 9.97 Å². The minimum absolute atomic E-state index is 0.189. The zero-order valence-electron chi connectivity index (χ0n) is 14.4. The third-order valence-electron chi connectivity index (χ3n) is 4.10. The summed E-state index contributed by atoms with van der Waals surface area (Å²) in [6.45, 7) is 1.80. The molecule has 0 saturated heterocycles. The fourth-order valence-electron chi connectivity index (χ4n) is 2.87. The number of methoxy groups -OCH3 is 1. The molecule has 0 amide bonds. The van der Waals surface area contributed by atoms with Gasteiger partial charge >= 0.3 is 11.5 Å². The van der Waals surface area contributed by atoms with E-state index in [2.05, 4.69) is 9.97 Å². The van der Waals surface area contributed by atoms with Gasteiger partial charge in [0.25, 0.3) is 0 Å². The third-order valence-corrected chi connectivity index (χ3v) is 5.02. The van der Waals surface area contributed by atoms with Crippen molar-refractivity contribution >= 4 is 28.7 Å². The summed E-state index contributed by atoms with van der Waals surface area (Å²) in [5.74, 6) is 1.23. The van der Waals surface area contributed by atoms with Crippen LogP contribution < -0.4 is 10.3 Å². The highest BCUT2D eigenvalue weighted by atomic mass is 32.1. The highest BCUT2D eigenvalue weighted by molar-refractivity contribution is 7.12. The van der Waals surface area contributed by atoms with Crippen molar-refractivity contribution in [2.75, 3.05) is 7.11 Å². The Hall–Kier alpha value is -3.06. The van der Waals surface area contributed by atoms with Gasteiger partial charge in [0.1, 0.15) is 17.2 Å². The maximum atomic E-state index is 11.9. The van der Waals surface area contributed by atoms with Crippen molar-refractivity contribution in [2.24, 2.45) is 5.10 Å². The smallest absolute Gasteiger partial charge is 0.423 e. The number of rotatable bonds is 4. The average Bonchev–Trinajstić information content (AvgIpc) is 3.30. The maximum absolute atomic E-state index is 11.9. The van der Waals surface area contributed by atoms with Gasteiger partial charge in [0.15, 0.2) is 0 Å². The molecule has 1 aromatic carbocycles. The van der Waals surface area contributed by atoms with Crippen molar-refractivity contribution in [2.45, 2.75) is 13.3 Å². The van der Waals surface area contributed by atoms with E-state index < -0.39 is 0 Å². The number of thiophene rings is 1. The largest absolute Gasteiger partial charge is 0.497 e. The maximum Gasteiger partial charge on any atom is 0.423 e. The number of aromatic nitrogens is 2. The molecule has 1 aliphatic heterocycles. The molecule has 26 heavy (non-hydrogen) atoms. The summed E-state index contributed by atoms with van der Waals surface area (Å²) >= 11 is 1.64. The van der Waals surface area contributed by atoms with E-state index >= 15 is 0 Å². The first kappa shape index (κ1) is 16.4. The number of nitrogens with zero attached hydrogens (tertiary/aromatic N) is 3. The molecular weight excluding hydrogens is 348 g/mol. The van der Waals surface area contributed by atoms with Crippen molar-refractivity contribution in [3.05, 3.63) is 74.3 Å². The van der Waals surface area contributed by atoms with Crippen molar-refractivity contribution in [1.29, 1.82) is 0 Å². The number of hydrazone groups is 1. The molecule has 0 radical (unpaired) electrons. The molecule has 1 aliphatic rings. The Morgan fingerprint density at radius 3 is 2.69 bits per heavy atom. The highest BCUT2D eigenvalue weighted by Crippen LogP contribution is 2.24. The van der Waals surface area contributed by atoms with Crippen LogP contribution in [0.25, 0.3) is 0 Å². The third kappa shape index (κ3) is 3.09. The lowest BCUT2D eigenvalue weighted by molar-refractivity contribution is -0.450. The molecule has 3 aromatic rings. The molecule has 0 aliphatic carbocycles. The predicted molar refractivity (Wildman–Crippen MR) is 102 cm³/mol. The summed E-state index contributed by atoms with van der Waals surface area (Å²) in [5, 5.41) is 6.78. The predicted octanol–water partition coefficient (Wildman–Crippen LogP) is 3.09. The molecule has 7 heteroatoms. The summed E-state index contributed by atoms with van der Waals surface area (Å²) in [5.41, 5.74) is 3.39. The summed E-state index contributed by atoms with van der Waals surface area (Å²) in [6, 6.07) is 13.3. The molecule has 1 N–H and O–H groups in total. The first-order chi connectivity index (χ1) is 12.6. The molecule has 6 nitrogen and oxygen atoms in total. The molecule has 2 aromatic heterocycles. The molecule has 130 valence electrons. The molecule has 3 heterocycles. The second-order valence-corrected chi connectivity index (χ2v) is 6.85. The van der Waals surface area contributed by atoms with Crippen LogP contribution in [0, 0.1) is 6.92 Å². The van der Waals surface area contributed by atoms with Crippen molar-refractivity contribution in [3.63, 3.8) is 0 Å². The van der Waals surface area contributed by atoms with Crippen LogP contribution in [-0.4, -0.2) is 33.2 Å². The quantitative estimate of drug-likeness (QED) is 0.722. The number of nitrogens with one attached hydrogen (secondary N) is 1. The van der Waals surface area contributed by atoms with Gasteiger partial charge in [0, 0.05) is 0 Å². The lowest BCUT2D eigenvalue weighted by Crippen LogP contribution is -2.15. The van der Waals surface area contributed by atoms with Gasteiger partial charge in [0.2, 0.25) is 0 Å². The van der Waals surface area contributed by atoms with Crippen LogP contribution in [-0.2, 0) is 0 Å². The molecule has 4 rings (SSSR count). The van der Waals surface area contributed by atoms with E-state index in [9.17, 15) is 4.79 Å². The second kappa shape index (κ2) is 6.68. The van der Waals surface area contributed by atoms with Gasteiger partial charge in [0.05, 0.1) is 30.2 Å². The summed E-state index contributed by atoms with van der Waals surface area (Å²) in [7, 11) is 1.65. The van der Waals surface area contributed by atoms with E-state index in [1.807, 2.05) is 41.8 Å².